The van der Waals surface area contributed by atoms with Crippen molar-refractivity contribution in [3.63, 3.8) is 0 Å². The minimum Gasteiger partial charge on any atom is -0.479 e. The predicted octanol–water partition coefficient (Wildman–Crippen LogP) is 0.269. The number of rotatable bonds is 4. The Labute approximate surface area is 92.2 Å². The summed E-state index contributed by atoms with van der Waals surface area (Å²) in [5.74, 6) is -1.84. The smallest absolute Gasteiger partial charge is 0.408 e. The summed E-state index contributed by atoms with van der Waals surface area (Å²) in [6.45, 7) is -2.37. The van der Waals surface area contributed by atoms with E-state index in [2.05, 4.69) is 9.84 Å². The van der Waals surface area contributed by atoms with Crippen LogP contribution in [0.2, 0.25) is 0 Å². The van der Waals surface area contributed by atoms with Gasteiger partial charge >= 0.3 is 17.7 Å². The van der Waals surface area contributed by atoms with Crippen LogP contribution in [0, 0.1) is 0 Å². The highest BCUT2D eigenvalue weighted by Crippen LogP contribution is 2.16. The third-order valence-electron chi connectivity index (χ3n) is 1.56. The molecule has 0 amide bonds. The van der Waals surface area contributed by atoms with Crippen molar-refractivity contribution in [3.8, 4) is 5.75 Å². The van der Waals surface area contributed by atoms with Crippen molar-refractivity contribution >= 4 is 5.97 Å². The lowest BCUT2D eigenvalue weighted by molar-refractivity contribution is -0.144. The fourth-order valence-corrected chi connectivity index (χ4v) is 0.964. The molecule has 0 bridgehead atoms. The summed E-state index contributed by atoms with van der Waals surface area (Å²) in [6, 6.07) is 0.998. The number of aliphatic carboxylic acids is 1. The Morgan fingerprint density at radius 1 is 1.53 bits per heavy atom. The Kier molecular flexibility index (Phi) is 3.71. The van der Waals surface area contributed by atoms with Crippen LogP contribution in [0.4, 0.5) is 13.2 Å². The van der Waals surface area contributed by atoms with E-state index in [1.54, 1.807) is 0 Å². The van der Waals surface area contributed by atoms with Crippen LogP contribution in [0.3, 0.4) is 0 Å². The monoisotopic (exact) mass is 252 g/mol. The van der Waals surface area contributed by atoms with Crippen LogP contribution < -0.4 is 10.3 Å². The molecular formula is C8H7F3N2O4. The molecule has 6 nitrogen and oxygen atoms in total. The largest absolute Gasteiger partial charge is 0.479 e. The molecule has 1 aromatic rings. The van der Waals surface area contributed by atoms with E-state index in [4.69, 9.17) is 5.11 Å². The maximum Gasteiger partial charge on any atom is 0.408 e. The minimum atomic E-state index is -4.59. The number of carboxylic acids is 1. The maximum absolute atomic E-state index is 12.0. The minimum absolute atomic E-state index is 0.150. The molecule has 0 saturated carbocycles. The van der Waals surface area contributed by atoms with Gasteiger partial charge in [0.2, 0.25) is 0 Å². The molecule has 0 aliphatic heterocycles. The summed E-state index contributed by atoms with van der Waals surface area (Å²) in [6.07, 6.45) is -3.67. The van der Waals surface area contributed by atoms with E-state index in [1.165, 1.54) is 0 Å². The summed E-state index contributed by atoms with van der Waals surface area (Å²) in [5.41, 5.74) is -1.13. The van der Waals surface area contributed by atoms with Crippen LogP contribution in [0.5, 0.6) is 5.75 Å². The van der Waals surface area contributed by atoms with Crippen LogP contribution in [0.25, 0.3) is 0 Å². The normalized spacial score (nSPS) is 11.2. The van der Waals surface area contributed by atoms with Gasteiger partial charge in [-0.3, -0.25) is 4.79 Å². The lowest BCUT2D eigenvalue weighted by Gasteiger charge is -2.09. The van der Waals surface area contributed by atoms with Crippen molar-refractivity contribution in [2.24, 2.45) is 0 Å². The van der Waals surface area contributed by atoms with Gasteiger partial charge in [-0.1, -0.05) is 0 Å². The second kappa shape index (κ2) is 4.85. The van der Waals surface area contributed by atoms with Gasteiger partial charge in [0.15, 0.2) is 12.4 Å². The van der Waals surface area contributed by atoms with Crippen molar-refractivity contribution in [1.29, 1.82) is 0 Å². The van der Waals surface area contributed by atoms with Crippen LogP contribution in [0.15, 0.2) is 17.1 Å². The van der Waals surface area contributed by atoms with Gasteiger partial charge in [-0.25, -0.2) is 9.48 Å². The first-order chi connectivity index (χ1) is 7.79. The average molecular weight is 252 g/mol. The number of aromatic nitrogens is 2. The Balaban J connectivity index is 2.92. The van der Waals surface area contributed by atoms with E-state index in [0.717, 1.165) is 12.3 Å². The zero-order valence-corrected chi connectivity index (χ0v) is 8.27. The highest BCUT2D eigenvalue weighted by molar-refractivity contribution is 5.68. The zero-order valence-electron chi connectivity index (χ0n) is 8.27. The molecule has 1 rings (SSSR count). The number of alkyl halides is 3. The summed E-state index contributed by atoms with van der Waals surface area (Å²) in [7, 11) is 0. The van der Waals surface area contributed by atoms with Crippen molar-refractivity contribution < 1.29 is 27.8 Å². The molecule has 1 heterocycles. The Hall–Kier alpha value is -2.06. The summed E-state index contributed by atoms with van der Waals surface area (Å²) < 4.78 is 40.8. The van der Waals surface area contributed by atoms with Crippen molar-refractivity contribution in [3.05, 3.63) is 22.6 Å². The second-order valence-corrected chi connectivity index (χ2v) is 2.96. The first-order valence-electron chi connectivity index (χ1n) is 4.27. The number of carboxylic acid groups (broad SMARTS) is 1. The second-order valence-electron chi connectivity index (χ2n) is 2.96. The van der Waals surface area contributed by atoms with E-state index in [9.17, 15) is 22.8 Å². The lowest BCUT2D eigenvalue weighted by Crippen LogP contribution is -2.31. The molecule has 9 heteroatoms. The number of hydrogen-bond donors (Lipinski definition) is 1. The van der Waals surface area contributed by atoms with Crippen LogP contribution in [-0.4, -0.2) is 33.6 Å². The molecule has 94 valence electrons. The molecule has 0 aliphatic rings. The maximum atomic E-state index is 12.0. The third kappa shape index (κ3) is 4.13. The van der Waals surface area contributed by atoms with E-state index in [0.29, 0.717) is 0 Å². The third-order valence-corrected chi connectivity index (χ3v) is 1.56. The van der Waals surface area contributed by atoms with Gasteiger partial charge in [0.1, 0.15) is 6.54 Å². The molecule has 1 aromatic heterocycles. The zero-order chi connectivity index (χ0) is 13.1. The van der Waals surface area contributed by atoms with Gasteiger partial charge < -0.3 is 9.84 Å². The molecule has 0 spiro atoms. The van der Waals surface area contributed by atoms with Crippen molar-refractivity contribution in [1.82, 2.24) is 9.78 Å². The van der Waals surface area contributed by atoms with Crippen molar-refractivity contribution in [2.45, 2.75) is 12.7 Å². The number of ether oxygens (including phenoxy) is 1. The van der Waals surface area contributed by atoms with E-state index < -0.39 is 36.6 Å². The molecule has 0 atom stereocenters. The average Bonchev–Trinajstić information content (AvgIpc) is 2.17. The SMILES string of the molecule is O=C(O)COc1ccnn(CC(F)(F)F)c1=O. The van der Waals surface area contributed by atoms with Gasteiger partial charge in [0.05, 0.1) is 6.20 Å². The van der Waals surface area contributed by atoms with Crippen LogP contribution >= 0.6 is 0 Å². The number of carbonyl (C=O) groups is 1. The lowest BCUT2D eigenvalue weighted by atomic mass is 10.5. The molecule has 0 radical (unpaired) electrons. The molecule has 0 aliphatic carbocycles. The Morgan fingerprint density at radius 3 is 2.71 bits per heavy atom. The molecule has 0 fully saturated rings. The van der Waals surface area contributed by atoms with Crippen molar-refractivity contribution in [2.75, 3.05) is 6.61 Å². The molecule has 0 aromatic carbocycles. The van der Waals surface area contributed by atoms with Crippen LogP contribution in [0.1, 0.15) is 0 Å². The summed E-state index contributed by atoms with van der Waals surface area (Å²) >= 11 is 0. The molecule has 1 N–H and O–H groups in total. The fraction of sp³-hybridized carbons (Fsp3) is 0.375. The fourth-order valence-electron chi connectivity index (χ4n) is 0.964. The predicted molar refractivity (Wildman–Crippen MR) is 47.7 cm³/mol. The van der Waals surface area contributed by atoms with E-state index in [1.807, 2.05) is 0 Å². The molecule has 0 saturated heterocycles. The van der Waals surface area contributed by atoms with E-state index in [-0.39, 0.29) is 4.68 Å². The van der Waals surface area contributed by atoms with Gasteiger partial charge in [-0.05, 0) is 0 Å². The standard InChI is InChI=1S/C8H7F3N2O4/c9-8(10,11)4-13-7(16)5(1-2-12-13)17-3-6(14)15/h1-2H,3-4H2,(H,14,15). The van der Waals surface area contributed by atoms with E-state index >= 15 is 0 Å². The highest BCUT2D eigenvalue weighted by Gasteiger charge is 2.29. The Morgan fingerprint density at radius 2 is 2.18 bits per heavy atom. The van der Waals surface area contributed by atoms with Gasteiger partial charge in [0, 0.05) is 6.07 Å². The topological polar surface area (TPSA) is 81.4 Å². The molecule has 17 heavy (non-hydrogen) atoms. The highest BCUT2D eigenvalue weighted by atomic mass is 19.4. The Bertz CT molecular complexity index is 469. The molecular weight excluding hydrogens is 245 g/mol. The first kappa shape index (κ1) is 13.0. The van der Waals surface area contributed by atoms with Gasteiger partial charge in [0.25, 0.3) is 0 Å². The number of nitrogens with zero attached hydrogens (tertiary/aromatic N) is 2. The quantitative estimate of drug-likeness (QED) is 0.831. The summed E-state index contributed by atoms with van der Waals surface area (Å²) in [4.78, 5) is 21.5. The number of halogens is 3. The molecule has 0 unspecified atom stereocenters. The van der Waals surface area contributed by atoms with Gasteiger partial charge in [-0.2, -0.15) is 18.3 Å². The first-order valence-corrected chi connectivity index (χ1v) is 4.27. The van der Waals surface area contributed by atoms with Crippen LogP contribution in [-0.2, 0) is 11.3 Å². The number of hydrogen-bond acceptors (Lipinski definition) is 4. The van der Waals surface area contributed by atoms with Gasteiger partial charge in [-0.15, -0.1) is 0 Å². The summed E-state index contributed by atoms with van der Waals surface area (Å²) in [5, 5.41) is 11.5.